The van der Waals surface area contributed by atoms with Crippen LogP contribution in [0.5, 0.6) is 0 Å². The number of carbonyl (C=O) groups excluding carboxylic acids is 1. The zero-order valence-corrected chi connectivity index (χ0v) is 15.0. The van der Waals surface area contributed by atoms with Crippen molar-refractivity contribution < 1.29 is 9.53 Å². The maximum Gasteiger partial charge on any atom is 0.320 e. The maximum absolute atomic E-state index is 11.9. The van der Waals surface area contributed by atoms with Gasteiger partial charge in [-0.3, -0.25) is 9.69 Å². The third kappa shape index (κ3) is 6.90. The van der Waals surface area contributed by atoms with Crippen molar-refractivity contribution in [3.05, 3.63) is 35.9 Å². The van der Waals surface area contributed by atoms with Crippen molar-refractivity contribution in [2.75, 3.05) is 39.3 Å². The molecule has 1 aromatic carbocycles. The SMILES string of the molecule is CCOC(=O)CN(CCc1ccccc1)CC1(C)CCNC1.Cl. The summed E-state index contributed by atoms with van der Waals surface area (Å²) in [6, 6.07) is 10.4. The number of carbonyl (C=O) groups is 1. The number of halogens is 1. The summed E-state index contributed by atoms with van der Waals surface area (Å²) in [5.41, 5.74) is 1.56. The molecular formula is C18H29ClN2O2. The summed E-state index contributed by atoms with van der Waals surface area (Å²) >= 11 is 0. The Morgan fingerprint density at radius 3 is 2.70 bits per heavy atom. The molecule has 1 heterocycles. The van der Waals surface area contributed by atoms with Crippen LogP contribution in [-0.2, 0) is 16.0 Å². The Hall–Kier alpha value is -1.10. The molecule has 0 aromatic heterocycles. The number of nitrogens with one attached hydrogen (secondary N) is 1. The van der Waals surface area contributed by atoms with E-state index in [-0.39, 0.29) is 23.8 Å². The van der Waals surface area contributed by atoms with E-state index in [9.17, 15) is 4.79 Å². The Morgan fingerprint density at radius 1 is 1.35 bits per heavy atom. The molecule has 0 saturated carbocycles. The molecule has 1 aliphatic rings. The summed E-state index contributed by atoms with van der Waals surface area (Å²) < 4.78 is 5.13. The van der Waals surface area contributed by atoms with Crippen LogP contribution in [0.2, 0.25) is 0 Å². The van der Waals surface area contributed by atoms with Crippen LogP contribution in [0, 0.1) is 5.41 Å². The molecule has 2 rings (SSSR count). The topological polar surface area (TPSA) is 41.6 Å². The molecule has 0 radical (unpaired) electrons. The maximum atomic E-state index is 11.9. The van der Waals surface area contributed by atoms with Crippen LogP contribution in [0.3, 0.4) is 0 Å². The highest BCUT2D eigenvalue weighted by Crippen LogP contribution is 2.25. The summed E-state index contributed by atoms with van der Waals surface area (Å²) in [6.45, 7) is 8.91. The second kappa shape index (κ2) is 9.91. The fourth-order valence-electron chi connectivity index (χ4n) is 3.08. The first-order valence-corrected chi connectivity index (χ1v) is 8.24. The highest BCUT2D eigenvalue weighted by molar-refractivity contribution is 5.85. The van der Waals surface area contributed by atoms with Crippen molar-refractivity contribution in [1.29, 1.82) is 0 Å². The summed E-state index contributed by atoms with van der Waals surface area (Å²) in [6.07, 6.45) is 2.13. The fourth-order valence-corrected chi connectivity index (χ4v) is 3.08. The molecule has 1 unspecified atom stereocenters. The van der Waals surface area contributed by atoms with Gasteiger partial charge in [0.1, 0.15) is 0 Å². The van der Waals surface area contributed by atoms with Gasteiger partial charge in [-0.15, -0.1) is 12.4 Å². The number of hydrogen-bond donors (Lipinski definition) is 1. The fraction of sp³-hybridized carbons (Fsp3) is 0.611. The zero-order valence-electron chi connectivity index (χ0n) is 14.2. The predicted octanol–water partition coefficient (Wildman–Crippen LogP) is 2.52. The number of hydrogen-bond acceptors (Lipinski definition) is 4. The van der Waals surface area contributed by atoms with Gasteiger partial charge in [0.15, 0.2) is 0 Å². The molecular weight excluding hydrogens is 312 g/mol. The highest BCUT2D eigenvalue weighted by atomic mass is 35.5. The van der Waals surface area contributed by atoms with Crippen LogP contribution in [-0.4, -0.2) is 50.2 Å². The zero-order chi connectivity index (χ0) is 15.8. The smallest absolute Gasteiger partial charge is 0.320 e. The number of ether oxygens (including phenoxy) is 1. The van der Waals surface area contributed by atoms with Crippen LogP contribution >= 0.6 is 12.4 Å². The van der Waals surface area contributed by atoms with E-state index in [0.29, 0.717) is 13.2 Å². The number of nitrogens with zero attached hydrogens (tertiary/aromatic N) is 1. The molecule has 1 aliphatic heterocycles. The quantitative estimate of drug-likeness (QED) is 0.738. The first kappa shape index (κ1) is 19.9. The third-order valence-electron chi connectivity index (χ3n) is 4.28. The lowest BCUT2D eigenvalue weighted by atomic mass is 9.89. The average Bonchev–Trinajstić information content (AvgIpc) is 2.92. The predicted molar refractivity (Wildman–Crippen MR) is 96.1 cm³/mol. The summed E-state index contributed by atoms with van der Waals surface area (Å²) in [5, 5.41) is 3.43. The lowest BCUT2D eigenvalue weighted by Crippen LogP contribution is -2.41. The Kier molecular flexibility index (Phi) is 8.59. The monoisotopic (exact) mass is 340 g/mol. The van der Waals surface area contributed by atoms with E-state index in [1.807, 2.05) is 13.0 Å². The highest BCUT2D eigenvalue weighted by Gasteiger charge is 2.31. The van der Waals surface area contributed by atoms with Gasteiger partial charge in [0.2, 0.25) is 0 Å². The molecule has 0 aliphatic carbocycles. The average molecular weight is 341 g/mol. The van der Waals surface area contributed by atoms with Gasteiger partial charge in [0.05, 0.1) is 13.2 Å². The summed E-state index contributed by atoms with van der Waals surface area (Å²) in [7, 11) is 0. The van der Waals surface area contributed by atoms with Gasteiger partial charge >= 0.3 is 5.97 Å². The molecule has 23 heavy (non-hydrogen) atoms. The minimum atomic E-state index is -0.120. The van der Waals surface area contributed by atoms with Gasteiger partial charge in [-0.1, -0.05) is 37.3 Å². The Morgan fingerprint density at radius 2 is 2.09 bits per heavy atom. The molecule has 0 bridgehead atoms. The van der Waals surface area contributed by atoms with E-state index in [4.69, 9.17) is 4.74 Å². The van der Waals surface area contributed by atoms with Gasteiger partial charge in [0.25, 0.3) is 0 Å². The van der Waals surface area contributed by atoms with Crippen molar-refractivity contribution in [2.45, 2.75) is 26.7 Å². The third-order valence-corrected chi connectivity index (χ3v) is 4.28. The van der Waals surface area contributed by atoms with Crippen molar-refractivity contribution in [1.82, 2.24) is 10.2 Å². The van der Waals surface area contributed by atoms with Gasteiger partial charge in [-0.25, -0.2) is 0 Å². The van der Waals surface area contributed by atoms with Crippen LogP contribution < -0.4 is 5.32 Å². The van der Waals surface area contributed by atoms with Crippen LogP contribution in [0.4, 0.5) is 0 Å². The van der Waals surface area contributed by atoms with Gasteiger partial charge < -0.3 is 10.1 Å². The van der Waals surface area contributed by atoms with Gasteiger partial charge in [-0.2, -0.15) is 0 Å². The molecule has 1 atom stereocenters. The Labute approximate surface area is 146 Å². The van der Waals surface area contributed by atoms with Crippen LogP contribution in [0.25, 0.3) is 0 Å². The Bertz CT molecular complexity index is 461. The van der Waals surface area contributed by atoms with Crippen LogP contribution in [0.15, 0.2) is 30.3 Å². The second-order valence-corrected chi connectivity index (χ2v) is 6.49. The first-order chi connectivity index (χ1) is 10.6. The molecule has 0 spiro atoms. The molecule has 1 aromatic rings. The van der Waals surface area contributed by atoms with E-state index in [1.54, 1.807) is 0 Å². The van der Waals surface area contributed by atoms with Gasteiger partial charge in [-0.05, 0) is 37.3 Å². The molecule has 5 heteroatoms. The van der Waals surface area contributed by atoms with E-state index in [1.165, 1.54) is 5.56 Å². The summed E-state index contributed by atoms with van der Waals surface area (Å²) in [4.78, 5) is 14.1. The lowest BCUT2D eigenvalue weighted by molar-refractivity contribution is -0.144. The minimum absolute atomic E-state index is 0. The minimum Gasteiger partial charge on any atom is -0.465 e. The molecule has 1 fully saturated rings. The van der Waals surface area contributed by atoms with E-state index >= 15 is 0 Å². The van der Waals surface area contributed by atoms with Gasteiger partial charge in [0, 0.05) is 19.6 Å². The number of benzene rings is 1. The number of esters is 1. The summed E-state index contributed by atoms with van der Waals surface area (Å²) in [5.74, 6) is -0.120. The molecule has 1 N–H and O–H groups in total. The second-order valence-electron chi connectivity index (χ2n) is 6.49. The number of rotatable bonds is 8. The normalized spacial score (nSPS) is 20.3. The van der Waals surface area contributed by atoms with E-state index in [2.05, 4.69) is 41.4 Å². The standard InChI is InChI=1S/C18H28N2O2.ClH/c1-3-22-17(21)13-20(15-18(2)10-11-19-14-18)12-9-16-7-5-4-6-8-16;/h4-8,19H,3,9-15H2,1-2H3;1H. The van der Waals surface area contributed by atoms with E-state index in [0.717, 1.165) is 39.0 Å². The van der Waals surface area contributed by atoms with Crippen molar-refractivity contribution in [2.24, 2.45) is 5.41 Å². The largest absolute Gasteiger partial charge is 0.465 e. The van der Waals surface area contributed by atoms with Crippen LogP contribution in [0.1, 0.15) is 25.8 Å². The first-order valence-electron chi connectivity index (χ1n) is 8.24. The molecule has 4 nitrogen and oxygen atoms in total. The molecule has 130 valence electrons. The van der Waals surface area contributed by atoms with Crippen molar-refractivity contribution >= 4 is 18.4 Å². The van der Waals surface area contributed by atoms with E-state index < -0.39 is 0 Å². The molecule has 1 saturated heterocycles. The molecule has 0 amide bonds. The van der Waals surface area contributed by atoms with Crippen molar-refractivity contribution in [3.63, 3.8) is 0 Å². The Balaban J connectivity index is 0.00000264. The van der Waals surface area contributed by atoms with Crippen molar-refractivity contribution in [3.8, 4) is 0 Å². The lowest BCUT2D eigenvalue weighted by Gasteiger charge is -2.31.